The SMILES string of the molecule is CC1C(=O)N(c2ccc3c(c2)C(=O)OC3=O)C(=O)C12C(=O)N(c1ccc3c(c1)C(=O)OC3=O)C(=O)[C@@H]2C. The molecule has 37 heavy (non-hydrogen) atoms. The summed E-state index contributed by atoms with van der Waals surface area (Å²) < 4.78 is 9.10. The molecule has 6 rings (SSSR count). The Morgan fingerprint density at radius 3 is 1.30 bits per heavy atom. The zero-order valence-corrected chi connectivity index (χ0v) is 19.1. The normalized spacial score (nSPS) is 26.4. The lowest BCUT2D eigenvalue weighted by Gasteiger charge is -2.25. The van der Waals surface area contributed by atoms with Gasteiger partial charge in [0.2, 0.25) is 11.8 Å². The van der Waals surface area contributed by atoms with E-state index in [1.165, 1.54) is 38.1 Å². The molecule has 4 aliphatic rings. The number of rotatable bonds is 2. The molecule has 0 radical (unpaired) electrons. The predicted octanol–water partition coefficient (Wildman–Crippen LogP) is 1.01. The summed E-state index contributed by atoms with van der Waals surface area (Å²) in [6.07, 6.45) is 0. The van der Waals surface area contributed by atoms with Crippen molar-refractivity contribution in [2.24, 2.45) is 17.3 Å². The fourth-order valence-corrected chi connectivity index (χ4v) is 5.47. The van der Waals surface area contributed by atoms with Gasteiger partial charge in [-0.3, -0.25) is 19.2 Å². The Kier molecular flexibility index (Phi) is 4.27. The van der Waals surface area contributed by atoms with E-state index in [0.29, 0.717) is 0 Å². The summed E-state index contributed by atoms with van der Waals surface area (Å²) in [4.78, 5) is 103. The minimum absolute atomic E-state index is 0.0316. The highest BCUT2D eigenvalue weighted by Gasteiger charge is 2.72. The summed E-state index contributed by atoms with van der Waals surface area (Å²) in [5, 5.41) is 0. The van der Waals surface area contributed by atoms with Gasteiger partial charge in [-0.2, -0.15) is 0 Å². The van der Waals surface area contributed by atoms with Crippen LogP contribution in [0, 0.1) is 17.3 Å². The number of fused-ring (bicyclic) bond motifs is 2. The topological polar surface area (TPSA) is 162 Å². The predicted molar refractivity (Wildman–Crippen MR) is 118 cm³/mol. The minimum Gasteiger partial charge on any atom is -0.386 e. The number of esters is 4. The van der Waals surface area contributed by atoms with Gasteiger partial charge < -0.3 is 9.47 Å². The molecule has 2 saturated heterocycles. The van der Waals surface area contributed by atoms with Gasteiger partial charge in [-0.05, 0) is 36.4 Å². The lowest BCUT2D eigenvalue weighted by atomic mass is 9.70. The zero-order valence-electron chi connectivity index (χ0n) is 19.1. The molecule has 0 N–H and O–H groups in total. The van der Waals surface area contributed by atoms with E-state index >= 15 is 0 Å². The van der Waals surface area contributed by atoms with E-state index in [1.807, 2.05) is 0 Å². The average molecular weight is 502 g/mol. The van der Waals surface area contributed by atoms with Gasteiger partial charge in [0.15, 0.2) is 5.41 Å². The number of nitrogens with zero attached hydrogens (tertiary/aromatic N) is 2. The molecule has 0 bridgehead atoms. The van der Waals surface area contributed by atoms with Gasteiger partial charge in [0.1, 0.15) is 0 Å². The lowest BCUT2D eigenvalue weighted by molar-refractivity contribution is -0.142. The highest BCUT2D eigenvalue weighted by atomic mass is 16.6. The van der Waals surface area contributed by atoms with Crippen LogP contribution in [-0.4, -0.2) is 47.5 Å². The van der Waals surface area contributed by atoms with Crippen molar-refractivity contribution in [1.82, 2.24) is 0 Å². The number of cyclic esters (lactones) is 4. The molecule has 1 spiro atoms. The highest BCUT2D eigenvalue weighted by Crippen LogP contribution is 2.52. The van der Waals surface area contributed by atoms with Crippen LogP contribution in [0.5, 0.6) is 0 Å². The Morgan fingerprint density at radius 2 is 0.919 bits per heavy atom. The Balaban J connectivity index is 1.43. The molecular formula is C25H14N2O10. The minimum atomic E-state index is -2.10. The number of benzene rings is 2. The van der Waals surface area contributed by atoms with Gasteiger partial charge in [-0.15, -0.1) is 0 Å². The van der Waals surface area contributed by atoms with Crippen LogP contribution >= 0.6 is 0 Å². The molecule has 4 heterocycles. The molecule has 4 aliphatic heterocycles. The molecule has 2 aromatic rings. The first-order valence-electron chi connectivity index (χ1n) is 11.1. The van der Waals surface area contributed by atoms with Gasteiger partial charge in [-0.1, -0.05) is 13.8 Å². The van der Waals surface area contributed by atoms with Crippen molar-refractivity contribution >= 4 is 58.9 Å². The first-order chi connectivity index (χ1) is 17.5. The standard InChI is InChI=1S/C25H14N2O10/c1-9-17(28)26(11-3-5-13-15(7-11)21(32)36-19(13)30)23(34)25(9)10(2)18(29)27(24(25)35)12-4-6-14-16(8-12)22(33)37-20(14)31/h3-10H,1-2H3/t9-,10?,25?/m0/s1. The van der Waals surface area contributed by atoms with Crippen LogP contribution in [0.15, 0.2) is 36.4 Å². The maximum Gasteiger partial charge on any atom is 0.346 e. The Bertz CT molecular complexity index is 1470. The molecule has 184 valence electrons. The number of imide groups is 2. The van der Waals surface area contributed by atoms with Gasteiger partial charge in [0.25, 0.3) is 11.8 Å². The number of hydrogen-bond donors (Lipinski definition) is 0. The van der Waals surface area contributed by atoms with Crippen molar-refractivity contribution in [2.75, 3.05) is 9.80 Å². The molecule has 2 unspecified atom stereocenters. The summed E-state index contributed by atoms with van der Waals surface area (Å²) in [6.45, 7) is 2.71. The van der Waals surface area contributed by atoms with Crippen molar-refractivity contribution in [1.29, 1.82) is 0 Å². The van der Waals surface area contributed by atoms with Crippen molar-refractivity contribution in [2.45, 2.75) is 13.8 Å². The van der Waals surface area contributed by atoms with Crippen LogP contribution in [0.4, 0.5) is 11.4 Å². The summed E-state index contributed by atoms with van der Waals surface area (Å²) in [6, 6.07) is 7.31. The number of amides is 4. The zero-order chi connectivity index (χ0) is 26.5. The van der Waals surface area contributed by atoms with Crippen LogP contribution in [0.25, 0.3) is 0 Å². The quantitative estimate of drug-likeness (QED) is 0.329. The van der Waals surface area contributed by atoms with Crippen LogP contribution < -0.4 is 9.80 Å². The van der Waals surface area contributed by atoms with E-state index < -0.39 is 64.8 Å². The second-order valence-electron chi connectivity index (χ2n) is 9.08. The monoisotopic (exact) mass is 502 g/mol. The first-order valence-corrected chi connectivity index (χ1v) is 11.1. The van der Waals surface area contributed by atoms with E-state index in [1.54, 1.807) is 0 Å². The summed E-state index contributed by atoms with van der Waals surface area (Å²) in [5.74, 6) is -9.63. The fraction of sp³-hybridized carbons (Fsp3) is 0.200. The van der Waals surface area contributed by atoms with E-state index in [4.69, 9.17) is 0 Å². The second-order valence-corrected chi connectivity index (χ2v) is 9.08. The molecular weight excluding hydrogens is 488 g/mol. The maximum absolute atomic E-state index is 13.8. The molecule has 12 nitrogen and oxygen atoms in total. The summed E-state index contributed by atoms with van der Waals surface area (Å²) in [5.41, 5.74) is -2.56. The van der Waals surface area contributed by atoms with E-state index in [0.717, 1.165) is 21.9 Å². The first kappa shape index (κ1) is 22.5. The Labute approximate surface area is 206 Å². The fourth-order valence-electron chi connectivity index (χ4n) is 5.47. The van der Waals surface area contributed by atoms with E-state index in [-0.39, 0.29) is 33.6 Å². The smallest absolute Gasteiger partial charge is 0.346 e. The molecule has 0 aromatic heterocycles. The van der Waals surface area contributed by atoms with Crippen molar-refractivity contribution in [3.8, 4) is 0 Å². The van der Waals surface area contributed by atoms with Gasteiger partial charge in [0, 0.05) is 0 Å². The highest BCUT2D eigenvalue weighted by molar-refractivity contribution is 6.39. The van der Waals surface area contributed by atoms with Gasteiger partial charge in [-0.25, -0.2) is 29.0 Å². The van der Waals surface area contributed by atoms with Crippen LogP contribution in [-0.2, 0) is 28.7 Å². The number of ether oxygens (including phenoxy) is 2. The van der Waals surface area contributed by atoms with Crippen LogP contribution in [0.3, 0.4) is 0 Å². The summed E-state index contributed by atoms with van der Waals surface area (Å²) >= 11 is 0. The van der Waals surface area contributed by atoms with Crippen molar-refractivity contribution in [3.05, 3.63) is 58.7 Å². The largest absolute Gasteiger partial charge is 0.386 e. The Morgan fingerprint density at radius 1 is 0.568 bits per heavy atom. The number of carbonyl (C=O) groups is 8. The molecule has 0 aliphatic carbocycles. The molecule has 12 heteroatoms. The number of anilines is 2. The maximum atomic E-state index is 13.8. The summed E-state index contributed by atoms with van der Waals surface area (Å²) in [7, 11) is 0. The third-order valence-corrected chi connectivity index (χ3v) is 7.43. The number of hydrogen-bond acceptors (Lipinski definition) is 10. The van der Waals surface area contributed by atoms with Crippen molar-refractivity contribution in [3.63, 3.8) is 0 Å². The van der Waals surface area contributed by atoms with Gasteiger partial charge >= 0.3 is 23.9 Å². The molecule has 2 fully saturated rings. The van der Waals surface area contributed by atoms with Crippen LogP contribution in [0.1, 0.15) is 55.3 Å². The van der Waals surface area contributed by atoms with Gasteiger partial charge in [0.05, 0.1) is 45.5 Å². The molecule has 2 aromatic carbocycles. The average Bonchev–Trinajstić information content (AvgIpc) is 3.45. The third kappa shape index (κ3) is 2.56. The van der Waals surface area contributed by atoms with E-state index in [9.17, 15) is 38.4 Å². The van der Waals surface area contributed by atoms with Crippen LogP contribution in [0.2, 0.25) is 0 Å². The van der Waals surface area contributed by atoms with E-state index in [2.05, 4.69) is 9.47 Å². The molecule has 0 saturated carbocycles. The Hall–Kier alpha value is -5.00. The third-order valence-electron chi connectivity index (χ3n) is 7.43. The lowest BCUT2D eigenvalue weighted by Crippen LogP contribution is -2.46. The molecule has 4 amide bonds. The number of carbonyl (C=O) groups excluding carboxylic acids is 8. The van der Waals surface area contributed by atoms with Crippen molar-refractivity contribution < 1.29 is 47.8 Å². The molecule has 3 atom stereocenters. The second kappa shape index (κ2) is 7.03.